The largest absolute Gasteiger partial charge is 0.493 e. The Hall–Kier alpha value is -5.11. The van der Waals surface area contributed by atoms with E-state index >= 15 is 0 Å². The Kier molecular flexibility index (Phi) is 12.8. The zero-order valence-corrected chi connectivity index (χ0v) is 28.3. The fourth-order valence-electron chi connectivity index (χ4n) is 6.06. The molecular formula is C41H45NO7. The second-order valence-corrected chi connectivity index (χ2v) is 12.1. The lowest BCUT2D eigenvalue weighted by atomic mass is 9.84. The number of hydrogen-bond donors (Lipinski definition) is 1. The van der Waals surface area contributed by atoms with Gasteiger partial charge >= 0.3 is 11.9 Å². The Labute approximate surface area is 288 Å². The van der Waals surface area contributed by atoms with E-state index < -0.39 is 17.8 Å². The molecule has 1 amide bonds. The third-order valence-electron chi connectivity index (χ3n) is 8.66. The van der Waals surface area contributed by atoms with Crippen molar-refractivity contribution in [3.63, 3.8) is 0 Å². The summed E-state index contributed by atoms with van der Waals surface area (Å²) < 4.78 is 22.5. The molecule has 0 heterocycles. The Bertz CT molecular complexity index is 1670. The third-order valence-corrected chi connectivity index (χ3v) is 8.66. The lowest BCUT2D eigenvalue weighted by molar-refractivity contribution is -0.150. The molecule has 2 atom stereocenters. The van der Waals surface area contributed by atoms with E-state index in [1.165, 1.54) is 17.2 Å². The third kappa shape index (κ3) is 9.95. The van der Waals surface area contributed by atoms with E-state index in [0.717, 1.165) is 36.1 Å². The van der Waals surface area contributed by atoms with Gasteiger partial charge in [0.25, 0.3) is 5.91 Å². The molecule has 1 aliphatic rings. The van der Waals surface area contributed by atoms with Gasteiger partial charge in [0, 0.05) is 6.04 Å². The Morgan fingerprint density at radius 3 is 2.16 bits per heavy atom. The molecule has 4 aromatic carbocycles. The van der Waals surface area contributed by atoms with Crippen LogP contribution in [0.25, 0.3) is 11.1 Å². The van der Waals surface area contributed by atoms with E-state index in [9.17, 15) is 14.4 Å². The highest BCUT2D eigenvalue weighted by Gasteiger charge is 2.34. The number of nitrogens with one attached hydrogen (secondary N) is 1. The molecule has 0 bridgehead atoms. The average molecular weight is 664 g/mol. The summed E-state index contributed by atoms with van der Waals surface area (Å²) in [7, 11) is 0. The second kappa shape index (κ2) is 17.9. The number of benzene rings is 4. The van der Waals surface area contributed by atoms with Crippen LogP contribution in [0.1, 0.15) is 77.8 Å². The SMILES string of the molecule is CCOC(=O)c1ccc(OCCCc2ccc(OCc3ccc(-c4ccccc4)cc3)cc2)c(C(=O)NC2CCCCC2C(=O)OCC)c1. The van der Waals surface area contributed by atoms with Crippen molar-refractivity contribution in [1.82, 2.24) is 5.32 Å². The van der Waals surface area contributed by atoms with Crippen LogP contribution in [0.2, 0.25) is 0 Å². The number of carbonyl (C=O) groups is 3. The van der Waals surface area contributed by atoms with E-state index in [-0.39, 0.29) is 36.4 Å². The first-order valence-corrected chi connectivity index (χ1v) is 17.2. The first kappa shape index (κ1) is 35.2. The molecule has 256 valence electrons. The predicted octanol–water partition coefficient (Wildman–Crippen LogP) is 7.97. The molecule has 8 heteroatoms. The normalized spacial score (nSPS) is 15.6. The molecule has 0 spiro atoms. The summed E-state index contributed by atoms with van der Waals surface area (Å²) in [4.78, 5) is 38.7. The second-order valence-electron chi connectivity index (χ2n) is 12.1. The highest BCUT2D eigenvalue weighted by Crippen LogP contribution is 2.28. The summed E-state index contributed by atoms with van der Waals surface area (Å²) >= 11 is 0. The molecule has 1 saturated carbocycles. The summed E-state index contributed by atoms with van der Waals surface area (Å²) in [5.74, 6) is -0.443. The quantitative estimate of drug-likeness (QED) is 0.102. The fourth-order valence-corrected chi connectivity index (χ4v) is 6.06. The van der Waals surface area contributed by atoms with Gasteiger partial charge < -0.3 is 24.3 Å². The van der Waals surface area contributed by atoms with Crippen molar-refractivity contribution in [3.05, 3.63) is 119 Å². The van der Waals surface area contributed by atoms with E-state index in [0.29, 0.717) is 38.2 Å². The van der Waals surface area contributed by atoms with Gasteiger partial charge in [0.15, 0.2) is 0 Å². The van der Waals surface area contributed by atoms with Crippen molar-refractivity contribution >= 4 is 17.8 Å². The molecule has 4 aromatic rings. The summed E-state index contributed by atoms with van der Waals surface area (Å²) in [5, 5.41) is 3.03. The minimum atomic E-state index is -0.515. The van der Waals surface area contributed by atoms with Gasteiger partial charge in [0.2, 0.25) is 0 Å². The maximum absolute atomic E-state index is 13.6. The van der Waals surface area contributed by atoms with Crippen LogP contribution in [0, 0.1) is 5.92 Å². The summed E-state index contributed by atoms with van der Waals surface area (Å²) in [6.45, 7) is 4.86. The van der Waals surface area contributed by atoms with E-state index in [4.69, 9.17) is 18.9 Å². The van der Waals surface area contributed by atoms with Gasteiger partial charge in [-0.15, -0.1) is 0 Å². The summed E-state index contributed by atoms with van der Waals surface area (Å²) in [5.41, 5.74) is 5.10. The maximum atomic E-state index is 13.6. The zero-order valence-electron chi connectivity index (χ0n) is 28.3. The van der Waals surface area contributed by atoms with Crippen LogP contribution in [0.3, 0.4) is 0 Å². The van der Waals surface area contributed by atoms with E-state index in [1.54, 1.807) is 26.0 Å². The number of rotatable bonds is 15. The summed E-state index contributed by atoms with van der Waals surface area (Å²) in [6, 6.07) is 31.1. The van der Waals surface area contributed by atoms with Gasteiger partial charge in [-0.3, -0.25) is 9.59 Å². The van der Waals surface area contributed by atoms with Crippen molar-refractivity contribution < 1.29 is 33.3 Å². The van der Waals surface area contributed by atoms with Gasteiger partial charge in [-0.1, -0.05) is 79.6 Å². The Morgan fingerprint density at radius 2 is 1.43 bits per heavy atom. The molecule has 0 radical (unpaired) electrons. The van der Waals surface area contributed by atoms with Crippen molar-refractivity contribution in [1.29, 1.82) is 0 Å². The molecule has 8 nitrogen and oxygen atoms in total. The van der Waals surface area contributed by atoms with Gasteiger partial charge in [-0.2, -0.15) is 0 Å². The minimum Gasteiger partial charge on any atom is -0.493 e. The molecule has 1 N–H and O–H groups in total. The van der Waals surface area contributed by atoms with E-state index in [2.05, 4.69) is 41.7 Å². The number of ether oxygens (including phenoxy) is 4. The molecule has 1 fully saturated rings. The molecule has 0 saturated heterocycles. The molecule has 1 aliphatic carbocycles. The van der Waals surface area contributed by atoms with Crippen molar-refractivity contribution in [3.8, 4) is 22.6 Å². The Morgan fingerprint density at radius 1 is 0.735 bits per heavy atom. The number of amides is 1. The lowest BCUT2D eigenvalue weighted by Gasteiger charge is -2.30. The highest BCUT2D eigenvalue weighted by molar-refractivity contribution is 6.00. The van der Waals surface area contributed by atoms with Gasteiger partial charge in [0.05, 0.1) is 36.9 Å². The van der Waals surface area contributed by atoms with Crippen LogP contribution in [0.4, 0.5) is 0 Å². The van der Waals surface area contributed by atoms with Gasteiger partial charge in [-0.05, 0) is 92.1 Å². The summed E-state index contributed by atoms with van der Waals surface area (Å²) in [6.07, 6.45) is 4.63. The standard InChI is InChI=1S/C41H45NO7/c1-3-46-40(44)33-22-25-38(36(27-33)39(43)42-37-15-9-8-14-35(37)41(45)47-4-2)48-26-10-11-29-18-23-34(24-19-29)49-28-30-16-20-32(21-17-30)31-12-6-5-7-13-31/h5-7,12-13,16-25,27,35,37H,3-4,8-11,14-15,26,28H2,1-2H3,(H,42,43). The number of aryl methyl sites for hydroxylation is 1. The first-order chi connectivity index (χ1) is 23.9. The zero-order chi connectivity index (χ0) is 34.4. The smallest absolute Gasteiger partial charge is 0.338 e. The fraction of sp³-hybridized carbons (Fsp3) is 0.341. The lowest BCUT2D eigenvalue weighted by Crippen LogP contribution is -2.45. The molecule has 0 aliphatic heterocycles. The van der Waals surface area contributed by atoms with Crippen LogP contribution < -0.4 is 14.8 Å². The van der Waals surface area contributed by atoms with E-state index in [1.807, 2.05) is 42.5 Å². The predicted molar refractivity (Wildman–Crippen MR) is 189 cm³/mol. The van der Waals surface area contributed by atoms with Gasteiger partial charge in [0.1, 0.15) is 18.1 Å². The van der Waals surface area contributed by atoms with Crippen molar-refractivity contribution in [2.24, 2.45) is 5.92 Å². The number of esters is 2. The van der Waals surface area contributed by atoms with Crippen LogP contribution in [0.5, 0.6) is 11.5 Å². The Balaban J connectivity index is 1.15. The first-order valence-electron chi connectivity index (χ1n) is 17.2. The monoisotopic (exact) mass is 663 g/mol. The number of hydrogen-bond acceptors (Lipinski definition) is 7. The van der Waals surface area contributed by atoms with Crippen molar-refractivity contribution in [2.45, 2.75) is 65.0 Å². The van der Waals surface area contributed by atoms with Crippen LogP contribution in [-0.4, -0.2) is 43.7 Å². The molecule has 49 heavy (non-hydrogen) atoms. The molecule has 5 rings (SSSR count). The van der Waals surface area contributed by atoms with Crippen LogP contribution in [-0.2, 0) is 27.3 Å². The van der Waals surface area contributed by atoms with Gasteiger partial charge in [-0.25, -0.2) is 4.79 Å². The van der Waals surface area contributed by atoms with Crippen LogP contribution >= 0.6 is 0 Å². The topological polar surface area (TPSA) is 100 Å². The molecule has 2 unspecified atom stereocenters. The molecule has 0 aromatic heterocycles. The highest BCUT2D eigenvalue weighted by atomic mass is 16.5. The average Bonchev–Trinajstić information content (AvgIpc) is 3.14. The maximum Gasteiger partial charge on any atom is 0.338 e. The van der Waals surface area contributed by atoms with Crippen molar-refractivity contribution in [2.75, 3.05) is 19.8 Å². The van der Waals surface area contributed by atoms with Crippen LogP contribution in [0.15, 0.2) is 97.1 Å². The minimum absolute atomic E-state index is 0.220. The molecular weight excluding hydrogens is 618 g/mol. The number of carbonyl (C=O) groups excluding carboxylic acids is 3.